The summed E-state index contributed by atoms with van der Waals surface area (Å²) in [6, 6.07) is 4.29. The molecule has 7 nitrogen and oxygen atoms in total. The first-order valence-electron chi connectivity index (χ1n) is 9.98. The van der Waals surface area contributed by atoms with Crippen LogP contribution in [-0.2, 0) is 19.6 Å². The second kappa shape index (κ2) is 9.24. The molecule has 0 saturated carbocycles. The highest BCUT2D eigenvalue weighted by Crippen LogP contribution is 2.30. The lowest BCUT2D eigenvalue weighted by atomic mass is 10.0. The van der Waals surface area contributed by atoms with E-state index in [1.165, 1.54) is 4.31 Å². The summed E-state index contributed by atoms with van der Waals surface area (Å²) in [6.07, 6.45) is 4.23. The summed E-state index contributed by atoms with van der Waals surface area (Å²) in [5.74, 6) is 0.594. The number of rotatable bonds is 7. The zero-order valence-electron chi connectivity index (χ0n) is 16.7. The van der Waals surface area contributed by atoms with Crippen LogP contribution < -0.4 is 4.74 Å². The SMILES string of the molecule is COCCOc1ccc(S(=O)(=O)N2CCCCC2C(=O)N2CCCC2)cc1C. The highest BCUT2D eigenvalue weighted by molar-refractivity contribution is 7.89. The monoisotopic (exact) mass is 410 g/mol. The normalized spacial score (nSPS) is 21.1. The largest absolute Gasteiger partial charge is 0.491 e. The standard InChI is InChI=1S/C20H30N2O5S/c1-16-15-17(8-9-19(16)27-14-13-26-2)28(24,25)22-12-4-3-7-18(22)20(23)21-10-5-6-11-21/h8-9,15,18H,3-7,10-14H2,1-2H3. The van der Waals surface area contributed by atoms with Gasteiger partial charge in [0.05, 0.1) is 11.5 Å². The number of likely N-dealkylation sites (tertiary alicyclic amines) is 1. The predicted octanol–water partition coefficient (Wildman–Crippen LogP) is 2.19. The lowest BCUT2D eigenvalue weighted by molar-refractivity contribution is -0.135. The molecule has 0 bridgehead atoms. The Morgan fingerprint density at radius 2 is 1.82 bits per heavy atom. The van der Waals surface area contributed by atoms with Gasteiger partial charge in [-0.2, -0.15) is 4.31 Å². The van der Waals surface area contributed by atoms with Gasteiger partial charge in [-0.25, -0.2) is 8.42 Å². The smallest absolute Gasteiger partial charge is 0.243 e. The van der Waals surface area contributed by atoms with Gasteiger partial charge >= 0.3 is 0 Å². The van der Waals surface area contributed by atoms with E-state index in [9.17, 15) is 13.2 Å². The lowest BCUT2D eigenvalue weighted by Crippen LogP contribution is -2.52. The molecule has 2 aliphatic heterocycles. The Morgan fingerprint density at radius 3 is 2.50 bits per heavy atom. The van der Waals surface area contributed by atoms with Crippen molar-refractivity contribution in [2.45, 2.75) is 50.0 Å². The molecule has 1 aromatic rings. The number of carbonyl (C=O) groups excluding carboxylic acids is 1. The maximum atomic E-state index is 13.3. The molecule has 2 heterocycles. The van der Waals surface area contributed by atoms with Crippen LogP contribution in [0.25, 0.3) is 0 Å². The Bertz CT molecular complexity index is 790. The van der Waals surface area contributed by atoms with Crippen molar-refractivity contribution in [2.24, 2.45) is 0 Å². The first-order chi connectivity index (χ1) is 13.4. The van der Waals surface area contributed by atoms with E-state index < -0.39 is 16.1 Å². The molecule has 156 valence electrons. The summed E-state index contributed by atoms with van der Waals surface area (Å²) in [5.41, 5.74) is 0.747. The van der Waals surface area contributed by atoms with Crippen LogP contribution in [0.2, 0.25) is 0 Å². The topological polar surface area (TPSA) is 76.1 Å². The molecule has 2 saturated heterocycles. The molecule has 1 atom stereocenters. The van der Waals surface area contributed by atoms with E-state index in [1.807, 2.05) is 11.8 Å². The Morgan fingerprint density at radius 1 is 1.11 bits per heavy atom. The molecule has 3 rings (SSSR count). The van der Waals surface area contributed by atoms with Gasteiger partial charge < -0.3 is 14.4 Å². The molecule has 2 aliphatic rings. The Hall–Kier alpha value is -1.64. The molecule has 0 N–H and O–H groups in total. The number of aryl methyl sites for hydroxylation is 1. The predicted molar refractivity (Wildman–Crippen MR) is 106 cm³/mol. The van der Waals surface area contributed by atoms with Crippen molar-refractivity contribution in [1.29, 1.82) is 0 Å². The van der Waals surface area contributed by atoms with E-state index in [1.54, 1.807) is 25.3 Å². The van der Waals surface area contributed by atoms with E-state index in [0.717, 1.165) is 44.3 Å². The molecule has 0 spiro atoms. The molecule has 0 aliphatic carbocycles. The first-order valence-corrected chi connectivity index (χ1v) is 11.4. The second-order valence-corrected chi connectivity index (χ2v) is 9.32. The zero-order valence-corrected chi connectivity index (χ0v) is 17.5. The fraction of sp³-hybridized carbons (Fsp3) is 0.650. The molecule has 0 radical (unpaired) electrons. The lowest BCUT2D eigenvalue weighted by Gasteiger charge is -2.35. The van der Waals surface area contributed by atoms with Crippen LogP contribution in [0.5, 0.6) is 5.75 Å². The number of hydrogen-bond acceptors (Lipinski definition) is 5. The molecule has 1 amide bonds. The van der Waals surface area contributed by atoms with Crippen LogP contribution in [0.1, 0.15) is 37.7 Å². The fourth-order valence-electron chi connectivity index (χ4n) is 3.90. The van der Waals surface area contributed by atoms with E-state index >= 15 is 0 Å². The number of carbonyl (C=O) groups is 1. The van der Waals surface area contributed by atoms with Crippen LogP contribution in [0.15, 0.2) is 23.1 Å². The average Bonchev–Trinajstić information content (AvgIpc) is 3.23. The summed E-state index contributed by atoms with van der Waals surface area (Å²) >= 11 is 0. The molecule has 8 heteroatoms. The number of nitrogens with zero attached hydrogens (tertiary/aromatic N) is 2. The highest BCUT2D eigenvalue weighted by Gasteiger charge is 2.40. The molecular formula is C20H30N2O5S. The Balaban J connectivity index is 1.81. The van der Waals surface area contributed by atoms with Gasteiger partial charge in [0.15, 0.2) is 0 Å². The van der Waals surface area contributed by atoms with Crippen LogP contribution in [0.4, 0.5) is 0 Å². The summed E-state index contributed by atoms with van der Waals surface area (Å²) < 4.78 is 38.7. The van der Waals surface area contributed by atoms with Crippen molar-refractivity contribution in [3.05, 3.63) is 23.8 Å². The van der Waals surface area contributed by atoms with Crippen molar-refractivity contribution in [2.75, 3.05) is 40.0 Å². The van der Waals surface area contributed by atoms with Crippen LogP contribution in [-0.4, -0.2) is 69.5 Å². The van der Waals surface area contributed by atoms with Gasteiger partial charge in [0, 0.05) is 26.7 Å². The van der Waals surface area contributed by atoms with Crippen molar-refractivity contribution >= 4 is 15.9 Å². The molecular weight excluding hydrogens is 380 g/mol. The first kappa shape index (κ1) is 21.1. The van der Waals surface area contributed by atoms with Gasteiger partial charge in [-0.3, -0.25) is 4.79 Å². The molecule has 0 aromatic heterocycles. The average molecular weight is 411 g/mol. The van der Waals surface area contributed by atoms with Crippen LogP contribution >= 0.6 is 0 Å². The third-order valence-electron chi connectivity index (χ3n) is 5.45. The van der Waals surface area contributed by atoms with Crippen molar-refractivity contribution < 1.29 is 22.7 Å². The maximum Gasteiger partial charge on any atom is 0.243 e. The van der Waals surface area contributed by atoms with Gasteiger partial charge in [0.25, 0.3) is 0 Å². The van der Waals surface area contributed by atoms with Crippen molar-refractivity contribution in [3.8, 4) is 5.75 Å². The quantitative estimate of drug-likeness (QED) is 0.644. The Kier molecular flexibility index (Phi) is 6.95. The minimum atomic E-state index is -3.74. The number of benzene rings is 1. The molecule has 1 unspecified atom stereocenters. The van der Waals surface area contributed by atoms with Gasteiger partial charge in [0.2, 0.25) is 15.9 Å². The van der Waals surface area contributed by atoms with E-state index in [2.05, 4.69) is 0 Å². The fourth-order valence-corrected chi connectivity index (χ4v) is 5.64. The Labute approximate surface area is 167 Å². The highest BCUT2D eigenvalue weighted by atomic mass is 32.2. The third kappa shape index (κ3) is 4.50. The van der Waals surface area contributed by atoms with Crippen LogP contribution in [0, 0.1) is 6.92 Å². The number of methoxy groups -OCH3 is 1. The van der Waals surface area contributed by atoms with Gasteiger partial charge in [-0.15, -0.1) is 0 Å². The minimum Gasteiger partial charge on any atom is -0.491 e. The van der Waals surface area contributed by atoms with Crippen LogP contribution in [0.3, 0.4) is 0 Å². The number of piperidine rings is 1. The van der Waals surface area contributed by atoms with E-state index in [-0.39, 0.29) is 10.8 Å². The molecule has 28 heavy (non-hydrogen) atoms. The summed E-state index contributed by atoms with van der Waals surface area (Å²) in [5, 5.41) is 0. The van der Waals surface area contributed by atoms with Gasteiger partial charge in [-0.1, -0.05) is 6.42 Å². The maximum absolute atomic E-state index is 13.3. The van der Waals surface area contributed by atoms with Crippen molar-refractivity contribution in [3.63, 3.8) is 0 Å². The molecule has 1 aromatic carbocycles. The summed E-state index contributed by atoms with van der Waals surface area (Å²) in [7, 11) is -2.14. The number of amides is 1. The van der Waals surface area contributed by atoms with E-state index in [4.69, 9.17) is 9.47 Å². The van der Waals surface area contributed by atoms with Gasteiger partial charge in [-0.05, 0) is 56.4 Å². The number of hydrogen-bond donors (Lipinski definition) is 0. The summed E-state index contributed by atoms with van der Waals surface area (Å²) in [6.45, 7) is 4.54. The summed E-state index contributed by atoms with van der Waals surface area (Å²) in [4.78, 5) is 15.0. The van der Waals surface area contributed by atoms with E-state index in [0.29, 0.717) is 31.9 Å². The minimum absolute atomic E-state index is 0.0444. The second-order valence-electron chi connectivity index (χ2n) is 7.43. The third-order valence-corrected chi connectivity index (χ3v) is 7.36. The number of ether oxygens (including phenoxy) is 2. The molecule has 2 fully saturated rings. The zero-order chi connectivity index (χ0) is 20.1. The number of sulfonamides is 1. The van der Waals surface area contributed by atoms with Crippen molar-refractivity contribution in [1.82, 2.24) is 9.21 Å². The van der Waals surface area contributed by atoms with Gasteiger partial charge in [0.1, 0.15) is 18.4 Å².